The molecule has 0 aliphatic heterocycles. The summed E-state index contributed by atoms with van der Waals surface area (Å²) in [7, 11) is 0. The highest BCUT2D eigenvalue weighted by atomic mass is 79.9. The Morgan fingerprint density at radius 1 is 1.28 bits per heavy atom. The molecule has 1 aromatic heterocycles. The van der Waals surface area contributed by atoms with E-state index in [2.05, 4.69) is 41.9 Å². The highest BCUT2D eigenvalue weighted by molar-refractivity contribution is 9.10. The third kappa shape index (κ3) is 3.44. The van der Waals surface area contributed by atoms with Crippen molar-refractivity contribution in [2.75, 3.05) is 0 Å². The van der Waals surface area contributed by atoms with Crippen LogP contribution in [0.2, 0.25) is 0 Å². The molecule has 0 fully saturated rings. The first-order valence-corrected chi connectivity index (χ1v) is 7.74. The quantitative estimate of drug-likeness (QED) is 0.857. The van der Waals surface area contributed by atoms with E-state index < -0.39 is 6.10 Å². The monoisotopic (exact) mass is 324 g/mol. The van der Waals surface area contributed by atoms with Gasteiger partial charge in [-0.3, -0.25) is 0 Å². The first kappa shape index (κ1) is 13.8. The zero-order valence-corrected chi connectivity index (χ0v) is 13.0. The minimum atomic E-state index is -0.520. The molecule has 0 radical (unpaired) electrons. The Kier molecular flexibility index (Phi) is 4.60. The van der Waals surface area contributed by atoms with Crippen LogP contribution in [0.25, 0.3) is 0 Å². The van der Waals surface area contributed by atoms with E-state index in [4.69, 9.17) is 0 Å². The number of aliphatic hydroxyl groups excluding tert-OH is 1. The summed E-state index contributed by atoms with van der Waals surface area (Å²) in [5.41, 5.74) is 2.26. The van der Waals surface area contributed by atoms with E-state index in [1.807, 2.05) is 23.6 Å². The first-order chi connectivity index (χ1) is 8.56. The predicted molar refractivity (Wildman–Crippen MR) is 81.1 cm³/mol. The molecule has 2 aromatic rings. The lowest BCUT2D eigenvalue weighted by atomic mass is 9.99. The molecule has 0 aliphatic carbocycles. The van der Waals surface area contributed by atoms with Crippen LogP contribution in [0.1, 0.15) is 36.0 Å². The zero-order chi connectivity index (χ0) is 13.1. The second kappa shape index (κ2) is 6.00. The van der Waals surface area contributed by atoms with Gasteiger partial charge in [-0.15, -0.1) is 11.3 Å². The summed E-state index contributed by atoms with van der Waals surface area (Å²) in [6, 6.07) is 10.2. The van der Waals surface area contributed by atoms with Crippen molar-refractivity contribution in [3.63, 3.8) is 0 Å². The molecule has 3 heteroatoms. The Morgan fingerprint density at radius 2 is 2.06 bits per heavy atom. The predicted octanol–water partition coefficient (Wildman–Crippen LogP) is 4.79. The number of benzene rings is 1. The molecule has 0 saturated carbocycles. The van der Waals surface area contributed by atoms with Gasteiger partial charge in [-0.1, -0.05) is 38.1 Å². The largest absolute Gasteiger partial charge is 0.383 e. The third-order valence-electron chi connectivity index (χ3n) is 2.77. The summed E-state index contributed by atoms with van der Waals surface area (Å²) in [6.45, 7) is 4.42. The van der Waals surface area contributed by atoms with Crippen molar-refractivity contribution >= 4 is 27.3 Å². The molecule has 0 aliphatic rings. The van der Waals surface area contributed by atoms with Crippen LogP contribution in [0.4, 0.5) is 0 Å². The zero-order valence-electron chi connectivity index (χ0n) is 10.6. The van der Waals surface area contributed by atoms with Crippen molar-refractivity contribution in [1.82, 2.24) is 0 Å². The molecular weight excluding hydrogens is 308 g/mol. The van der Waals surface area contributed by atoms with Crippen LogP contribution in [0.3, 0.4) is 0 Å². The van der Waals surface area contributed by atoms with E-state index in [-0.39, 0.29) is 0 Å². The number of aliphatic hydroxyl groups is 1. The van der Waals surface area contributed by atoms with Crippen LogP contribution in [0.15, 0.2) is 40.2 Å². The van der Waals surface area contributed by atoms with E-state index in [1.54, 1.807) is 11.3 Å². The Hall–Kier alpha value is -0.640. The second-order valence-electron chi connectivity index (χ2n) is 4.91. The van der Waals surface area contributed by atoms with Gasteiger partial charge in [-0.2, -0.15) is 0 Å². The fraction of sp³-hybridized carbons (Fsp3) is 0.333. The van der Waals surface area contributed by atoms with Crippen molar-refractivity contribution in [3.8, 4) is 0 Å². The minimum absolute atomic E-state index is 0.520. The van der Waals surface area contributed by atoms with E-state index in [0.717, 1.165) is 21.3 Å². The number of hydrogen-bond acceptors (Lipinski definition) is 2. The maximum absolute atomic E-state index is 10.4. The number of thiophene rings is 1. The summed E-state index contributed by atoms with van der Waals surface area (Å²) >= 11 is 4.99. The maximum atomic E-state index is 10.4. The SMILES string of the molecule is CC(C)Cc1cccc(C(O)c2cc(Br)cs2)c1. The number of halogens is 1. The summed E-state index contributed by atoms with van der Waals surface area (Å²) < 4.78 is 1.03. The molecule has 2 rings (SSSR count). The lowest BCUT2D eigenvalue weighted by Crippen LogP contribution is -2.00. The summed E-state index contributed by atoms with van der Waals surface area (Å²) in [4.78, 5) is 0.976. The van der Waals surface area contributed by atoms with Gasteiger partial charge in [0.1, 0.15) is 6.10 Å². The van der Waals surface area contributed by atoms with Crippen molar-refractivity contribution in [2.24, 2.45) is 5.92 Å². The van der Waals surface area contributed by atoms with Crippen LogP contribution in [0, 0.1) is 5.92 Å². The molecule has 1 aromatic carbocycles. The Bertz CT molecular complexity index is 519. The third-order valence-corrected chi connectivity index (χ3v) is 4.51. The number of rotatable bonds is 4. The normalized spacial score (nSPS) is 12.9. The minimum Gasteiger partial charge on any atom is -0.383 e. The van der Waals surface area contributed by atoms with Crippen molar-refractivity contribution in [2.45, 2.75) is 26.4 Å². The molecule has 1 heterocycles. The average Bonchev–Trinajstić information content (AvgIpc) is 2.74. The first-order valence-electron chi connectivity index (χ1n) is 6.07. The molecule has 1 N–H and O–H groups in total. The highest BCUT2D eigenvalue weighted by Crippen LogP contribution is 2.30. The Labute approximate surface area is 121 Å². The lowest BCUT2D eigenvalue weighted by molar-refractivity contribution is 0.224. The average molecular weight is 325 g/mol. The summed E-state index contributed by atoms with van der Waals surface area (Å²) in [6.07, 6.45) is 0.530. The van der Waals surface area contributed by atoms with Crippen molar-refractivity contribution in [1.29, 1.82) is 0 Å². The highest BCUT2D eigenvalue weighted by Gasteiger charge is 2.13. The Balaban J connectivity index is 2.22. The standard InChI is InChI=1S/C15H17BrOS/c1-10(2)6-11-4-3-5-12(7-11)15(17)14-8-13(16)9-18-14/h3-5,7-10,15,17H,6H2,1-2H3. The molecule has 1 unspecified atom stereocenters. The molecule has 1 atom stereocenters. The molecule has 96 valence electrons. The van der Waals surface area contributed by atoms with Crippen LogP contribution >= 0.6 is 27.3 Å². The molecule has 0 spiro atoms. The van der Waals surface area contributed by atoms with Gasteiger partial charge in [0, 0.05) is 14.7 Å². The van der Waals surface area contributed by atoms with Gasteiger partial charge in [0.05, 0.1) is 0 Å². The van der Waals surface area contributed by atoms with Gasteiger partial charge in [0.15, 0.2) is 0 Å². The summed E-state index contributed by atoms with van der Waals surface area (Å²) in [5.74, 6) is 0.633. The fourth-order valence-corrected chi connectivity index (χ4v) is 3.45. The maximum Gasteiger partial charge on any atom is 0.113 e. The van der Waals surface area contributed by atoms with E-state index >= 15 is 0 Å². The second-order valence-corrected chi connectivity index (χ2v) is 6.77. The van der Waals surface area contributed by atoms with Gasteiger partial charge < -0.3 is 5.11 Å². The molecule has 1 nitrogen and oxygen atoms in total. The topological polar surface area (TPSA) is 20.2 Å². The van der Waals surface area contributed by atoms with Crippen molar-refractivity contribution < 1.29 is 5.11 Å². The summed E-state index contributed by atoms with van der Waals surface area (Å²) in [5, 5.41) is 12.3. The van der Waals surface area contributed by atoms with E-state index in [1.165, 1.54) is 5.56 Å². The Morgan fingerprint density at radius 3 is 2.67 bits per heavy atom. The lowest BCUT2D eigenvalue weighted by Gasteiger charge is -2.11. The van der Waals surface area contributed by atoms with Crippen LogP contribution in [0.5, 0.6) is 0 Å². The molecule has 0 amide bonds. The van der Waals surface area contributed by atoms with E-state index in [0.29, 0.717) is 5.92 Å². The molecule has 0 saturated heterocycles. The van der Waals surface area contributed by atoms with Gasteiger partial charge in [-0.05, 0) is 45.5 Å². The van der Waals surface area contributed by atoms with Gasteiger partial charge in [0.25, 0.3) is 0 Å². The van der Waals surface area contributed by atoms with Gasteiger partial charge in [0.2, 0.25) is 0 Å². The van der Waals surface area contributed by atoms with Crippen LogP contribution in [-0.4, -0.2) is 5.11 Å². The molecule has 0 bridgehead atoms. The van der Waals surface area contributed by atoms with E-state index in [9.17, 15) is 5.11 Å². The smallest absolute Gasteiger partial charge is 0.113 e. The molecule has 18 heavy (non-hydrogen) atoms. The fourth-order valence-electron chi connectivity index (χ4n) is 2.00. The van der Waals surface area contributed by atoms with Gasteiger partial charge >= 0.3 is 0 Å². The number of hydrogen-bond donors (Lipinski definition) is 1. The van der Waals surface area contributed by atoms with Gasteiger partial charge in [-0.25, -0.2) is 0 Å². The van der Waals surface area contributed by atoms with Crippen molar-refractivity contribution in [3.05, 3.63) is 56.2 Å². The molecular formula is C15H17BrOS. The van der Waals surface area contributed by atoms with Crippen LogP contribution < -0.4 is 0 Å². The van der Waals surface area contributed by atoms with Crippen LogP contribution in [-0.2, 0) is 6.42 Å².